The number of halogens is 2. The van der Waals surface area contributed by atoms with E-state index < -0.39 is 29.7 Å². The maximum Gasteiger partial charge on any atom is 0.338 e. The Morgan fingerprint density at radius 3 is 2.47 bits per heavy atom. The second-order valence-corrected chi connectivity index (χ2v) is 9.27. The number of nitrogens with one attached hydrogen (secondary N) is 1. The van der Waals surface area contributed by atoms with Crippen LogP contribution in [0.4, 0.5) is 8.78 Å². The molecule has 2 unspecified atom stereocenters. The van der Waals surface area contributed by atoms with Crippen molar-refractivity contribution in [3.05, 3.63) is 113 Å². The largest absolute Gasteiger partial charge is 0.456 e. The van der Waals surface area contributed by atoms with E-state index >= 15 is 0 Å². The van der Waals surface area contributed by atoms with Gasteiger partial charge in [0.1, 0.15) is 24.0 Å². The number of oxazole rings is 1. The molecule has 0 saturated heterocycles. The lowest BCUT2D eigenvalue weighted by atomic mass is 10.0. The highest BCUT2D eigenvalue weighted by Gasteiger charge is 2.24. The van der Waals surface area contributed by atoms with Gasteiger partial charge in [-0.2, -0.15) is 0 Å². The van der Waals surface area contributed by atoms with Crippen LogP contribution >= 0.6 is 0 Å². The second-order valence-electron chi connectivity index (χ2n) is 9.27. The van der Waals surface area contributed by atoms with Crippen LogP contribution in [0.25, 0.3) is 11.5 Å². The van der Waals surface area contributed by atoms with E-state index in [-0.39, 0.29) is 13.0 Å². The molecule has 1 heterocycles. The average Bonchev–Trinajstić information content (AvgIpc) is 3.34. The summed E-state index contributed by atoms with van der Waals surface area (Å²) in [7, 11) is 0. The fourth-order valence-electron chi connectivity index (χ4n) is 4.20. The number of esters is 1. The van der Waals surface area contributed by atoms with Crippen molar-refractivity contribution in [2.45, 2.75) is 45.4 Å². The van der Waals surface area contributed by atoms with E-state index in [9.17, 15) is 13.6 Å². The number of hydrogen-bond acceptors (Lipinski definition) is 6. The number of nitrogens with two attached hydrogens (primary N) is 1. The topological polar surface area (TPSA) is 90.4 Å². The van der Waals surface area contributed by atoms with Crippen molar-refractivity contribution in [3.63, 3.8) is 0 Å². The Morgan fingerprint density at radius 1 is 1.03 bits per heavy atom. The molecule has 38 heavy (non-hydrogen) atoms. The average molecular weight is 520 g/mol. The highest BCUT2D eigenvalue weighted by molar-refractivity contribution is 5.90. The number of ether oxygens (including phenoxy) is 1. The molecular weight excluding hydrogens is 488 g/mol. The smallest absolute Gasteiger partial charge is 0.338 e. The first-order chi connectivity index (χ1) is 18.3. The Labute approximate surface area is 220 Å². The Morgan fingerprint density at radius 2 is 1.76 bits per heavy atom. The van der Waals surface area contributed by atoms with Gasteiger partial charge in [0, 0.05) is 30.8 Å². The van der Waals surface area contributed by atoms with Crippen LogP contribution in [0.15, 0.2) is 77.4 Å². The molecule has 8 heteroatoms. The van der Waals surface area contributed by atoms with Crippen LogP contribution in [-0.2, 0) is 24.1 Å². The first-order valence-corrected chi connectivity index (χ1v) is 12.5. The predicted molar refractivity (Wildman–Crippen MR) is 141 cm³/mol. The van der Waals surface area contributed by atoms with Crippen molar-refractivity contribution < 1.29 is 22.7 Å². The monoisotopic (exact) mass is 519 g/mol. The predicted octanol–water partition coefficient (Wildman–Crippen LogP) is 5.38. The third-order valence-corrected chi connectivity index (χ3v) is 6.17. The molecule has 2 atom stereocenters. The standard InChI is InChI=1S/C30H31F2N3O3/c1-3-20-6-4-7-21(10-20)16-34-17-28(27(33)13-22-11-25(31)15-26(32)12-22)38-30(36)24-9-5-8-23(14-24)29-35-19(2)18-37-29/h4-12,14-15,18,27-28,34H,3,13,16-17,33H2,1-2H3. The summed E-state index contributed by atoms with van der Waals surface area (Å²) in [6, 6.07) is 17.5. The van der Waals surface area contributed by atoms with E-state index in [1.165, 1.54) is 24.0 Å². The lowest BCUT2D eigenvalue weighted by Gasteiger charge is -2.25. The number of benzene rings is 3. The van der Waals surface area contributed by atoms with E-state index in [1.54, 1.807) is 24.3 Å². The quantitative estimate of drug-likeness (QED) is 0.259. The van der Waals surface area contributed by atoms with E-state index in [4.69, 9.17) is 14.9 Å². The van der Waals surface area contributed by atoms with Crippen molar-refractivity contribution in [2.24, 2.45) is 5.73 Å². The van der Waals surface area contributed by atoms with Gasteiger partial charge in [-0.3, -0.25) is 0 Å². The van der Waals surface area contributed by atoms with Gasteiger partial charge in [-0.1, -0.05) is 37.3 Å². The van der Waals surface area contributed by atoms with Gasteiger partial charge in [0.2, 0.25) is 5.89 Å². The summed E-state index contributed by atoms with van der Waals surface area (Å²) in [6.45, 7) is 4.70. The summed E-state index contributed by atoms with van der Waals surface area (Å²) in [5.41, 5.74) is 10.8. The summed E-state index contributed by atoms with van der Waals surface area (Å²) >= 11 is 0. The number of nitrogens with zero attached hydrogens (tertiary/aromatic N) is 1. The van der Waals surface area contributed by atoms with Gasteiger partial charge in [0.15, 0.2) is 0 Å². The van der Waals surface area contributed by atoms with Gasteiger partial charge in [-0.05, 0) is 66.8 Å². The molecule has 0 radical (unpaired) electrons. The second kappa shape index (κ2) is 12.6. The van der Waals surface area contributed by atoms with Gasteiger partial charge in [-0.25, -0.2) is 18.6 Å². The number of rotatable bonds is 11. The minimum absolute atomic E-state index is 0.120. The SMILES string of the molecule is CCc1cccc(CNCC(OC(=O)c2cccc(-c3nc(C)co3)c2)C(N)Cc2cc(F)cc(F)c2)c1. The molecule has 0 bridgehead atoms. The number of aromatic nitrogens is 1. The summed E-state index contributed by atoms with van der Waals surface area (Å²) in [6.07, 6.45) is 1.81. The lowest BCUT2D eigenvalue weighted by Crippen LogP contribution is -2.46. The van der Waals surface area contributed by atoms with Gasteiger partial charge < -0.3 is 20.2 Å². The van der Waals surface area contributed by atoms with Crippen LogP contribution in [0.2, 0.25) is 0 Å². The first-order valence-electron chi connectivity index (χ1n) is 12.5. The van der Waals surface area contributed by atoms with Crippen LogP contribution < -0.4 is 11.1 Å². The number of carbonyl (C=O) groups excluding carboxylic acids is 1. The molecule has 0 spiro atoms. The first kappa shape index (κ1) is 27.2. The molecular formula is C30H31F2N3O3. The molecule has 0 saturated carbocycles. The third-order valence-electron chi connectivity index (χ3n) is 6.17. The van der Waals surface area contributed by atoms with E-state index in [1.807, 2.05) is 19.1 Å². The molecule has 4 rings (SSSR count). The minimum Gasteiger partial charge on any atom is -0.456 e. The van der Waals surface area contributed by atoms with Gasteiger partial charge in [0.05, 0.1) is 11.3 Å². The molecule has 0 aliphatic rings. The van der Waals surface area contributed by atoms with Gasteiger partial charge in [-0.15, -0.1) is 0 Å². The maximum atomic E-state index is 13.8. The maximum absolute atomic E-state index is 13.8. The van der Waals surface area contributed by atoms with Crippen LogP contribution in [-0.4, -0.2) is 29.6 Å². The highest BCUT2D eigenvalue weighted by Crippen LogP contribution is 2.21. The molecule has 0 aliphatic carbocycles. The summed E-state index contributed by atoms with van der Waals surface area (Å²) < 4.78 is 38.8. The zero-order chi connectivity index (χ0) is 27.1. The zero-order valence-corrected chi connectivity index (χ0v) is 21.4. The molecule has 198 valence electrons. The fourth-order valence-corrected chi connectivity index (χ4v) is 4.20. The van der Waals surface area contributed by atoms with Crippen LogP contribution in [0.1, 0.15) is 39.7 Å². The van der Waals surface area contributed by atoms with E-state index in [2.05, 4.69) is 29.4 Å². The van der Waals surface area contributed by atoms with Gasteiger partial charge in [0.25, 0.3) is 0 Å². The van der Waals surface area contributed by atoms with E-state index in [0.29, 0.717) is 29.1 Å². The van der Waals surface area contributed by atoms with Crippen molar-refractivity contribution in [3.8, 4) is 11.5 Å². The number of carbonyl (C=O) groups is 1. The third kappa shape index (κ3) is 7.34. The molecule has 4 aromatic rings. The normalized spacial score (nSPS) is 12.8. The molecule has 0 fully saturated rings. The van der Waals surface area contributed by atoms with Crippen LogP contribution in [0.5, 0.6) is 0 Å². The lowest BCUT2D eigenvalue weighted by molar-refractivity contribution is 0.0238. The molecule has 3 N–H and O–H groups in total. The summed E-state index contributed by atoms with van der Waals surface area (Å²) in [5.74, 6) is -1.55. The molecule has 0 amide bonds. The zero-order valence-electron chi connectivity index (χ0n) is 21.4. The van der Waals surface area contributed by atoms with Gasteiger partial charge >= 0.3 is 5.97 Å². The van der Waals surface area contributed by atoms with Crippen molar-refractivity contribution in [2.75, 3.05) is 6.54 Å². The Kier molecular flexibility index (Phi) is 8.99. The Balaban J connectivity index is 1.49. The summed E-state index contributed by atoms with van der Waals surface area (Å²) in [4.78, 5) is 17.5. The number of aryl methyl sites for hydroxylation is 2. The van der Waals surface area contributed by atoms with Crippen LogP contribution in [0, 0.1) is 18.6 Å². The van der Waals surface area contributed by atoms with Crippen LogP contribution in [0.3, 0.4) is 0 Å². The van der Waals surface area contributed by atoms with Crippen molar-refractivity contribution in [1.82, 2.24) is 10.3 Å². The minimum atomic E-state index is -0.768. The van der Waals surface area contributed by atoms with Crippen molar-refractivity contribution in [1.29, 1.82) is 0 Å². The summed E-state index contributed by atoms with van der Waals surface area (Å²) in [5, 5.41) is 3.31. The Hall–Kier alpha value is -3.88. The molecule has 0 aliphatic heterocycles. The molecule has 1 aromatic heterocycles. The number of hydrogen-bond donors (Lipinski definition) is 2. The molecule has 6 nitrogen and oxygen atoms in total. The fraction of sp³-hybridized carbons (Fsp3) is 0.267. The molecule has 3 aromatic carbocycles. The highest BCUT2D eigenvalue weighted by atomic mass is 19.1. The Bertz CT molecular complexity index is 1370. The van der Waals surface area contributed by atoms with E-state index in [0.717, 1.165) is 23.7 Å². The van der Waals surface area contributed by atoms with Crippen molar-refractivity contribution >= 4 is 5.97 Å².